The first kappa shape index (κ1) is 14.6. The average molecular weight is 286 g/mol. The quantitative estimate of drug-likeness (QED) is 0.883. The van der Waals surface area contributed by atoms with Crippen molar-refractivity contribution in [2.75, 3.05) is 26.3 Å². The van der Waals surface area contributed by atoms with Crippen LogP contribution in [0.5, 0.6) is 5.88 Å². The molecular formula is C13H16F2N2O3. The van der Waals surface area contributed by atoms with Crippen LogP contribution in [0.15, 0.2) is 18.3 Å². The van der Waals surface area contributed by atoms with Gasteiger partial charge in [0.25, 0.3) is 12.3 Å². The van der Waals surface area contributed by atoms with E-state index in [4.69, 9.17) is 9.84 Å². The molecule has 1 atom stereocenters. The summed E-state index contributed by atoms with van der Waals surface area (Å²) < 4.78 is 28.7. The number of hydrogen-bond donors (Lipinski definition) is 1. The Labute approximate surface area is 115 Å². The first-order valence-electron chi connectivity index (χ1n) is 6.37. The summed E-state index contributed by atoms with van der Waals surface area (Å²) in [7, 11) is 0. The molecule has 1 N–H and O–H groups in total. The van der Waals surface area contributed by atoms with Gasteiger partial charge in [0.05, 0.1) is 5.56 Å². The number of hydrogen-bond acceptors (Lipinski definition) is 4. The van der Waals surface area contributed by atoms with Crippen LogP contribution in [-0.2, 0) is 0 Å². The molecular weight excluding hydrogens is 270 g/mol. The van der Waals surface area contributed by atoms with Crippen LogP contribution in [0.4, 0.5) is 8.78 Å². The van der Waals surface area contributed by atoms with Gasteiger partial charge < -0.3 is 14.7 Å². The summed E-state index contributed by atoms with van der Waals surface area (Å²) in [6.45, 7) is 0.486. The Hall–Kier alpha value is -1.76. The lowest BCUT2D eigenvalue weighted by molar-refractivity contribution is 0.0771. The fraction of sp³-hybridized carbons (Fsp3) is 0.538. The third kappa shape index (κ3) is 3.63. The molecule has 1 aliphatic rings. The summed E-state index contributed by atoms with van der Waals surface area (Å²) in [5.74, 6) is 0.0194. The highest BCUT2D eigenvalue weighted by atomic mass is 19.3. The molecule has 1 aromatic heterocycles. The monoisotopic (exact) mass is 286 g/mol. The van der Waals surface area contributed by atoms with Crippen molar-refractivity contribution in [1.82, 2.24) is 9.88 Å². The standard InChI is InChI=1S/C13H16F2N2O3/c14-11(15)8-20-12-2-1-10(5-16-12)13(19)17-4-3-9(6-17)7-18/h1-2,5,9,11,18H,3-4,6-8H2. The van der Waals surface area contributed by atoms with Crippen LogP contribution < -0.4 is 4.74 Å². The van der Waals surface area contributed by atoms with Crippen LogP contribution in [0.2, 0.25) is 0 Å². The minimum Gasteiger partial charge on any atom is -0.472 e. The minimum absolute atomic E-state index is 0.0662. The Bertz CT molecular complexity index is 453. The van der Waals surface area contributed by atoms with Crippen molar-refractivity contribution in [3.63, 3.8) is 0 Å². The number of halogens is 2. The fourth-order valence-corrected chi connectivity index (χ4v) is 2.09. The number of aliphatic hydroxyl groups excluding tert-OH is 1. The minimum atomic E-state index is -2.56. The highest BCUT2D eigenvalue weighted by molar-refractivity contribution is 5.94. The average Bonchev–Trinajstić information content (AvgIpc) is 2.94. The van der Waals surface area contributed by atoms with Crippen LogP contribution in [0.1, 0.15) is 16.8 Å². The third-order valence-electron chi connectivity index (χ3n) is 3.17. The molecule has 5 nitrogen and oxygen atoms in total. The zero-order chi connectivity index (χ0) is 14.5. The molecule has 0 aromatic carbocycles. The lowest BCUT2D eigenvalue weighted by atomic mass is 10.1. The number of aromatic nitrogens is 1. The van der Waals surface area contributed by atoms with Gasteiger partial charge in [-0.2, -0.15) is 0 Å². The number of carbonyl (C=O) groups is 1. The Morgan fingerprint density at radius 1 is 1.55 bits per heavy atom. The van der Waals surface area contributed by atoms with Gasteiger partial charge in [-0.05, 0) is 12.5 Å². The van der Waals surface area contributed by atoms with E-state index in [9.17, 15) is 13.6 Å². The normalized spacial score (nSPS) is 18.6. The lowest BCUT2D eigenvalue weighted by Crippen LogP contribution is -2.29. The van der Waals surface area contributed by atoms with Gasteiger partial charge in [0.1, 0.15) is 0 Å². The Morgan fingerprint density at radius 3 is 2.90 bits per heavy atom. The van der Waals surface area contributed by atoms with E-state index in [1.165, 1.54) is 18.3 Å². The molecule has 0 radical (unpaired) electrons. The molecule has 1 saturated heterocycles. The predicted molar refractivity (Wildman–Crippen MR) is 66.8 cm³/mol. The zero-order valence-corrected chi connectivity index (χ0v) is 10.8. The van der Waals surface area contributed by atoms with Gasteiger partial charge in [0.15, 0.2) is 6.61 Å². The maximum Gasteiger partial charge on any atom is 0.272 e. The van der Waals surface area contributed by atoms with Crippen LogP contribution in [0, 0.1) is 5.92 Å². The van der Waals surface area contributed by atoms with E-state index in [0.717, 1.165) is 6.42 Å². The summed E-state index contributed by atoms with van der Waals surface area (Å²) in [6, 6.07) is 2.90. The van der Waals surface area contributed by atoms with Crippen molar-refractivity contribution < 1.29 is 23.4 Å². The van der Waals surface area contributed by atoms with Gasteiger partial charge in [-0.1, -0.05) is 0 Å². The first-order chi connectivity index (χ1) is 9.60. The van der Waals surface area contributed by atoms with Crippen molar-refractivity contribution >= 4 is 5.91 Å². The zero-order valence-electron chi connectivity index (χ0n) is 10.8. The Morgan fingerprint density at radius 2 is 2.35 bits per heavy atom. The highest BCUT2D eigenvalue weighted by Gasteiger charge is 2.26. The number of alkyl halides is 2. The molecule has 0 saturated carbocycles. The van der Waals surface area contributed by atoms with Crippen LogP contribution in [0.25, 0.3) is 0 Å². The van der Waals surface area contributed by atoms with Gasteiger partial charge in [-0.15, -0.1) is 0 Å². The lowest BCUT2D eigenvalue weighted by Gasteiger charge is -2.16. The van der Waals surface area contributed by atoms with E-state index in [1.54, 1.807) is 4.90 Å². The number of aliphatic hydroxyl groups is 1. The summed E-state index contributed by atoms with van der Waals surface area (Å²) in [5.41, 5.74) is 0.382. The number of ether oxygens (including phenoxy) is 1. The van der Waals surface area contributed by atoms with Crippen LogP contribution in [0.3, 0.4) is 0 Å². The van der Waals surface area contributed by atoms with Crippen molar-refractivity contribution in [1.29, 1.82) is 0 Å². The molecule has 1 fully saturated rings. The predicted octanol–water partition coefficient (Wildman–Crippen LogP) is 1.18. The van der Waals surface area contributed by atoms with Gasteiger partial charge in [0, 0.05) is 37.9 Å². The van der Waals surface area contributed by atoms with E-state index < -0.39 is 13.0 Å². The van der Waals surface area contributed by atoms with Gasteiger partial charge in [-0.25, -0.2) is 13.8 Å². The van der Waals surface area contributed by atoms with E-state index in [2.05, 4.69) is 4.98 Å². The maximum absolute atomic E-state index is 12.1. The number of carbonyl (C=O) groups excluding carboxylic acids is 1. The first-order valence-corrected chi connectivity index (χ1v) is 6.37. The summed E-state index contributed by atoms with van der Waals surface area (Å²) in [4.78, 5) is 17.6. The molecule has 0 aliphatic carbocycles. The number of nitrogens with zero attached hydrogens (tertiary/aromatic N) is 2. The molecule has 0 bridgehead atoms. The van der Waals surface area contributed by atoms with E-state index in [-0.39, 0.29) is 24.3 Å². The summed E-state index contributed by atoms with van der Waals surface area (Å²) in [6.07, 6.45) is -0.459. The van der Waals surface area contributed by atoms with E-state index in [0.29, 0.717) is 18.7 Å². The molecule has 2 heterocycles. The number of amides is 1. The summed E-state index contributed by atoms with van der Waals surface area (Å²) in [5, 5.41) is 9.05. The van der Waals surface area contributed by atoms with Gasteiger partial charge >= 0.3 is 0 Å². The molecule has 1 amide bonds. The number of likely N-dealkylation sites (tertiary alicyclic amines) is 1. The second kappa shape index (κ2) is 6.60. The van der Waals surface area contributed by atoms with Crippen molar-refractivity contribution in [3.05, 3.63) is 23.9 Å². The molecule has 110 valence electrons. The smallest absolute Gasteiger partial charge is 0.272 e. The molecule has 7 heteroatoms. The molecule has 1 unspecified atom stereocenters. The Kier molecular flexibility index (Phi) is 4.84. The highest BCUT2D eigenvalue weighted by Crippen LogP contribution is 2.18. The number of pyridine rings is 1. The van der Waals surface area contributed by atoms with Crippen molar-refractivity contribution in [3.8, 4) is 5.88 Å². The van der Waals surface area contributed by atoms with Crippen molar-refractivity contribution in [2.45, 2.75) is 12.8 Å². The van der Waals surface area contributed by atoms with Crippen LogP contribution >= 0.6 is 0 Å². The fourth-order valence-electron chi connectivity index (χ4n) is 2.09. The molecule has 1 aliphatic heterocycles. The van der Waals surface area contributed by atoms with E-state index >= 15 is 0 Å². The topological polar surface area (TPSA) is 62.7 Å². The van der Waals surface area contributed by atoms with Gasteiger partial charge in [-0.3, -0.25) is 4.79 Å². The van der Waals surface area contributed by atoms with Crippen LogP contribution in [-0.4, -0.2) is 53.6 Å². The molecule has 1 aromatic rings. The Balaban J connectivity index is 1.94. The van der Waals surface area contributed by atoms with E-state index in [1.807, 2.05) is 0 Å². The molecule has 0 spiro atoms. The second-order valence-electron chi connectivity index (χ2n) is 4.68. The van der Waals surface area contributed by atoms with Crippen molar-refractivity contribution in [2.24, 2.45) is 5.92 Å². The van der Waals surface area contributed by atoms with Gasteiger partial charge in [0.2, 0.25) is 5.88 Å². The SMILES string of the molecule is O=C(c1ccc(OCC(F)F)nc1)N1CCC(CO)C1. The molecule has 20 heavy (non-hydrogen) atoms. The largest absolute Gasteiger partial charge is 0.472 e. The summed E-state index contributed by atoms with van der Waals surface area (Å²) >= 11 is 0. The second-order valence-corrected chi connectivity index (χ2v) is 4.68. The number of rotatable bonds is 5. The maximum atomic E-state index is 12.1. The third-order valence-corrected chi connectivity index (χ3v) is 3.17. The molecule has 2 rings (SSSR count).